The molecule has 3 heterocycles. The van der Waals surface area contributed by atoms with E-state index in [0.717, 1.165) is 21.9 Å². The second-order valence-corrected chi connectivity index (χ2v) is 4.81. The fraction of sp³-hybridized carbons (Fsp3) is 0.300. The van der Waals surface area contributed by atoms with Gasteiger partial charge < -0.3 is 5.32 Å². The number of nitrogens with zero attached hydrogens (tertiary/aromatic N) is 5. The first kappa shape index (κ1) is 11.0. The number of aryl methyl sites for hydroxylation is 1. The van der Waals surface area contributed by atoms with E-state index in [1.54, 1.807) is 11.3 Å². The van der Waals surface area contributed by atoms with Crippen LogP contribution >= 0.6 is 11.3 Å². The Kier molecular flexibility index (Phi) is 2.63. The zero-order valence-corrected chi connectivity index (χ0v) is 10.7. The minimum atomic E-state index is -0.0663. The van der Waals surface area contributed by atoms with Gasteiger partial charge in [0, 0.05) is 0 Å². The second kappa shape index (κ2) is 4.30. The second-order valence-electron chi connectivity index (χ2n) is 3.89. The van der Waals surface area contributed by atoms with Gasteiger partial charge in [-0.1, -0.05) is 5.21 Å². The van der Waals surface area contributed by atoms with Crippen molar-refractivity contribution in [3.8, 4) is 0 Å². The third-order valence-electron chi connectivity index (χ3n) is 2.52. The molecular weight excluding hydrogens is 250 g/mol. The van der Waals surface area contributed by atoms with Crippen molar-refractivity contribution in [1.29, 1.82) is 0 Å². The van der Waals surface area contributed by atoms with Crippen LogP contribution in [0.5, 0.6) is 0 Å². The van der Waals surface area contributed by atoms with Crippen molar-refractivity contribution < 1.29 is 0 Å². The van der Waals surface area contributed by atoms with Crippen LogP contribution in [0.3, 0.4) is 0 Å². The van der Waals surface area contributed by atoms with Crippen molar-refractivity contribution in [2.75, 3.05) is 5.32 Å². The summed E-state index contributed by atoms with van der Waals surface area (Å²) in [6, 6.07) is 1.92. The molecule has 0 bridgehead atoms. The fourth-order valence-corrected chi connectivity index (χ4v) is 2.48. The molecule has 3 aromatic heterocycles. The van der Waals surface area contributed by atoms with E-state index in [4.69, 9.17) is 0 Å². The van der Waals surface area contributed by atoms with Crippen LogP contribution in [0.25, 0.3) is 10.2 Å². The van der Waals surface area contributed by atoms with Crippen molar-refractivity contribution >= 4 is 27.4 Å². The Labute approximate surface area is 107 Å². The first-order chi connectivity index (χ1) is 8.74. The molecule has 0 saturated carbocycles. The lowest BCUT2D eigenvalue weighted by Gasteiger charge is -2.11. The Bertz CT molecular complexity index is 660. The fourth-order valence-electron chi connectivity index (χ4n) is 1.70. The van der Waals surface area contributed by atoms with E-state index in [-0.39, 0.29) is 6.04 Å². The summed E-state index contributed by atoms with van der Waals surface area (Å²) < 4.78 is 1.04. The predicted octanol–water partition coefficient (Wildman–Crippen LogP) is 1.69. The maximum Gasteiger partial charge on any atom is 0.196 e. The average Bonchev–Trinajstić information content (AvgIpc) is 2.98. The van der Waals surface area contributed by atoms with Gasteiger partial charge >= 0.3 is 0 Å². The molecule has 0 aliphatic heterocycles. The number of aromatic amines is 1. The van der Waals surface area contributed by atoms with Crippen LogP contribution in [0.15, 0.2) is 11.4 Å². The Morgan fingerprint density at radius 1 is 1.39 bits per heavy atom. The predicted molar refractivity (Wildman–Crippen MR) is 68.4 cm³/mol. The lowest BCUT2D eigenvalue weighted by molar-refractivity contribution is 0.788. The Morgan fingerprint density at radius 2 is 2.28 bits per heavy atom. The van der Waals surface area contributed by atoms with Crippen LogP contribution in [0.4, 0.5) is 5.82 Å². The summed E-state index contributed by atoms with van der Waals surface area (Å²) in [6.07, 6.45) is 0. The normalized spacial score (nSPS) is 12.8. The first-order valence-electron chi connectivity index (χ1n) is 5.46. The summed E-state index contributed by atoms with van der Waals surface area (Å²) in [6.45, 7) is 3.84. The maximum atomic E-state index is 4.43. The monoisotopic (exact) mass is 261 g/mol. The van der Waals surface area contributed by atoms with Gasteiger partial charge in [0.25, 0.3) is 0 Å². The number of H-pyrrole nitrogens is 1. The zero-order valence-electron chi connectivity index (χ0n) is 9.88. The summed E-state index contributed by atoms with van der Waals surface area (Å²) in [5.74, 6) is 2.16. The van der Waals surface area contributed by atoms with Crippen molar-refractivity contribution in [1.82, 2.24) is 30.6 Å². The van der Waals surface area contributed by atoms with E-state index < -0.39 is 0 Å². The quantitative estimate of drug-likeness (QED) is 0.745. The largest absolute Gasteiger partial charge is 0.359 e. The van der Waals surface area contributed by atoms with Crippen molar-refractivity contribution in [3.05, 3.63) is 23.1 Å². The number of hydrogen-bond donors (Lipinski definition) is 2. The third kappa shape index (κ3) is 1.90. The van der Waals surface area contributed by atoms with Crippen molar-refractivity contribution in [3.63, 3.8) is 0 Å². The molecule has 0 radical (unpaired) electrons. The van der Waals surface area contributed by atoms with Crippen LogP contribution in [-0.4, -0.2) is 30.6 Å². The number of fused-ring (bicyclic) bond motifs is 1. The summed E-state index contributed by atoms with van der Waals surface area (Å²) in [5.41, 5.74) is 0.954. The molecule has 0 fully saturated rings. The molecule has 3 rings (SSSR count). The van der Waals surface area contributed by atoms with Gasteiger partial charge in [0.1, 0.15) is 11.6 Å². The third-order valence-corrected chi connectivity index (χ3v) is 3.43. The summed E-state index contributed by atoms with van der Waals surface area (Å²) in [4.78, 5) is 8.80. The lowest BCUT2D eigenvalue weighted by Crippen LogP contribution is -2.10. The van der Waals surface area contributed by atoms with Gasteiger partial charge in [-0.05, 0) is 25.3 Å². The van der Waals surface area contributed by atoms with Crippen LogP contribution in [0.2, 0.25) is 0 Å². The lowest BCUT2D eigenvalue weighted by atomic mass is 10.3. The molecule has 1 unspecified atom stereocenters. The minimum Gasteiger partial charge on any atom is -0.359 e. The van der Waals surface area contributed by atoms with Gasteiger partial charge in [-0.15, -0.1) is 21.5 Å². The standard InChI is InChI=1S/C10H11N7S/c1-5(9-14-16-17-15-9)11-10-8-7(3-4-18-8)12-6(2)13-10/h3-5H,1-2H3,(H,11,12,13)(H,14,15,16,17). The van der Waals surface area contributed by atoms with Crippen molar-refractivity contribution in [2.24, 2.45) is 0 Å². The van der Waals surface area contributed by atoms with Gasteiger partial charge in [0.05, 0.1) is 16.3 Å². The molecule has 0 amide bonds. The molecule has 7 nitrogen and oxygen atoms in total. The topological polar surface area (TPSA) is 92.3 Å². The number of rotatable bonds is 3. The van der Waals surface area contributed by atoms with Gasteiger partial charge in [-0.3, -0.25) is 0 Å². The summed E-state index contributed by atoms with van der Waals surface area (Å²) >= 11 is 1.61. The van der Waals surface area contributed by atoms with E-state index in [1.165, 1.54) is 0 Å². The van der Waals surface area contributed by atoms with E-state index in [0.29, 0.717) is 5.82 Å². The molecule has 92 valence electrons. The number of thiophene rings is 1. The smallest absolute Gasteiger partial charge is 0.196 e. The molecule has 18 heavy (non-hydrogen) atoms. The van der Waals surface area contributed by atoms with E-state index in [1.807, 2.05) is 25.3 Å². The van der Waals surface area contributed by atoms with Crippen LogP contribution in [0, 0.1) is 6.92 Å². The van der Waals surface area contributed by atoms with E-state index >= 15 is 0 Å². The Balaban J connectivity index is 1.97. The maximum absolute atomic E-state index is 4.43. The summed E-state index contributed by atoms with van der Waals surface area (Å²) in [5, 5.41) is 19.2. The van der Waals surface area contributed by atoms with Gasteiger partial charge in [-0.2, -0.15) is 5.21 Å². The number of anilines is 1. The molecule has 0 saturated heterocycles. The van der Waals surface area contributed by atoms with Gasteiger partial charge in [0.15, 0.2) is 5.82 Å². The SMILES string of the molecule is Cc1nc(NC(C)c2nn[nH]n2)c2sccc2n1. The number of tetrazole rings is 1. The molecule has 0 spiro atoms. The highest BCUT2D eigenvalue weighted by molar-refractivity contribution is 7.17. The molecule has 8 heteroatoms. The van der Waals surface area contributed by atoms with E-state index in [2.05, 4.69) is 35.9 Å². The summed E-state index contributed by atoms with van der Waals surface area (Å²) in [7, 11) is 0. The zero-order chi connectivity index (χ0) is 12.5. The molecule has 2 N–H and O–H groups in total. The highest BCUT2D eigenvalue weighted by Gasteiger charge is 2.14. The van der Waals surface area contributed by atoms with Crippen LogP contribution < -0.4 is 5.32 Å². The Hall–Kier alpha value is -2.09. The highest BCUT2D eigenvalue weighted by Crippen LogP contribution is 2.27. The minimum absolute atomic E-state index is 0.0663. The molecule has 0 aromatic carbocycles. The van der Waals surface area contributed by atoms with E-state index in [9.17, 15) is 0 Å². The van der Waals surface area contributed by atoms with Crippen LogP contribution in [-0.2, 0) is 0 Å². The number of hydrogen-bond acceptors (Lipinski definition) is 7. The molecular formula is C10H11N7S. The molecule has 3 aromatic rings. The molecule has 1 atom stereocenters. The Morgan fingerprint density at radius 3 is 3.06 bits per heavy atom. The highest BCUT2D eigenvalue weighted by atomic mass is 32.1. The van der Waals surface area contributed by atoms with Crippen LogP contribution in [0.1, 0.15) is 24.6 Å². The molecule has 0 aliphatic rings. The van der Waals surface area contributed by atoms with Gasteiger partial charge in [-0.25, -0.2) is 9.97 Å². The first-order valence-corrected chi connectivity index (χ1v) is 6.34. The molecule has 0 aliphatic carbocycles. The average molecular weight is 261 g/mol. The number of aromatic nitrogens is 6. The van der Waals surface area contributed by atoms with Crippen molar-refractivity contribution in [2.45, 2.75) is 19.9 Å². The number of nitrogens with one attached hydrogen (secondary N) is 2. The van der Waals surface area contributed by atoms with Gasteiger partial charge in [0.2, 0.25) is 0 Å².